The molecule has 170 valence electrons. The van der Waals surface area contributed by atoms with Crippen LogP contribution in [-0.2, 0) is 6.54 Å². The lowest BCUT2D eigenvalue weighted by atomic mass is 10.1. The van der Waals surface area contributed by atoms with Gasteiger partial charge in [0.05, 0.1) is 17.6 Å². The zero-order chi connectivity index (χ0) is 23.7. The van der Waals surface area contributed by atoms with E-state index in [1.807, 2.05) is 6.92 Å². The predicted molar refractivity (Wildman–Crippen MR) is 113 cm³/mol. The minimum Gasteiger partial charge on any atom is -0.354 e. The minimum absolute atomic E-state index is 0.00240. The Morgan fingerprint density at radius 3 is 2.52 bits per heavy atom. The van der Waals surface area contributed by atoms with Gasteiger partial charge >= 0.3 is 0 Å². The number of hydrogen-bond donors (Lipinski definition) is 2. The molecule has 0 aliphatic rings. The predicted octanol–water partition coefficient (Wildman–Crippen LogP) is 3.30. The molecule has 0 saturated heterocycles. The molecular formula is C21H18F3N7O2. The number of alkyl halides is 2. The zero-order valence-corrected chi connectivity index (χ0v) is 17.5. The maximum atomic E-state index is 13.7. The number of halogens is 3. The fourth-order valence-electron chi connectivity index (χ4n) is 3.22. The maximum absolute atomic E-state index is 13.7. The highest BCUT2D eigenvalue weighted by molar-refractivity contribution is 6.11. The highest BCUT2D eigenvalue weighted by atomic mass is 19.3. The molecule has 12 heteroatoms. The summed E-state index contributed by atoms with van der Waals surface area (Å²) in [5, 5.41) is 13.0. The Morgan fingerprint density at radius 2 is 1.88 bits per heavy atom. The Morgan fingerprint density at radius 1 is 1.15 bits per heavy atom. The molecular weight excluding hydrogens is 439 g/mol. The normalized spacial score (nSPS) is 11.2. The molecule has 0 bridgehead atoms. The first kappa shape index (κ1) is 22.0. The van der Waals surface area contributed by atoms with Crippen molar-refractivity contribution in [2.75, 3.05) is 12.4 Å². The average Bonchev–Trinajstić information content (AvgIpc) is 3.42. The van der Waals surface area contributed by atoms with Gasteiger partial charge in [-0.2, -0.15) is 10.2 Å². The first-order valence-corrected chi connectivity index (χ1v) is 9.86. The van der Waals surface area contributed by atoms with Gasteiger partial charge in [0.15, 0.2) is 11.3 Å². The lowest BCUT2D eigenvalue weighted by Crippen LogP contribution is -2.21. The first-order chi connectivity index (χ1) is 15.8. The highest BCUT2D eigenvalue weighted by Crippen LogP contribution is 2.27. The largest absolute Gasteiger partial charge is 0.354 e. The number of nitrogens with zero attached hydrogens (tertiary/aromatic N) is 5. The molecule has 3 heterocycles. The van der Waals surface area contributed by atoms with Crippen LogP contribution in [0.25, 0.3) is 16.9 Å². The van der Waals surface area contributed by atoms with Gasteiger partial charge in [0.25, 0.3) is 18.2 Å². The molecule has 2 amide bonds. The third-order valence-corrected chi connectivity index (χ3v) is 4.88. The molecule has 4 rings (SSSR count). The summed E-state index contributed by atoms with van der Waals surface area (Å²) in [6.07, 6.45) is -0.314. The van der Waals surface area contributed by atoms with Crippen LogP contribution in [0.3, 0.4) is 0 Å². The molecule has 0 aliphatic carbocycles. The van der Waals surface area contributed by atoms with Crippen molar-refractivity contribution in [2.45, 2.75) is 19.9 Å². The topological polar surface area (TPSA) is 106 Å². The van der Waals surface area contributed by atoms with E-state index in [0.717, 1.165) is 16.8 Å². The molecule has 33 heavy (non-hydrogen) atoms. The molecule has 3 aromatic heterocycles. The maximum Gasteiger partial charge on any atom is 0.280 e. The van der Waals surface area contributed by atoms with Crippen LogP contribution in [-0.4, -0.2) is 43.2 Å². The van der Waals surface area contributed by atoms with Gasteiger partial charge in [0.2, 0.25) is 0 Å². The first-order valence-electron chi connectivity index (χ1n) is 9.86. The summed E-state index contributed by atoms with van der Waals surface area (Å²) >= 11 is 0. The molecule has 0 unspecified atom stereocenters. The average molecular weight is 457 g/mol. The van der Waals surface area contributed by atoms with Crippen LogP contribution >= 0.6 is 0 Å². The standard InChI is InChI=1S/C21H18F3N7O2/c1-3-30-10-15(17(29-30)21(33)25-2)28-20(32)13-9-26-31-16(18(23)24)8-14(27-19(13)31)11-4-6-12(22)7-5-11/h4-10,18H,3H2,1-2H3,(H,25,33)(H,28,32). The second-order valence-corrected chi connectivity index (χ2v) is 6.95. The molecule has 2 N–H and O–H groups in total. The monoisotopic (exact) mass is 457 g/mol. The van der Waals surface area contributed by atoms with E-state index in [1.165, 1.54) is 42.2 Å². The summed E-state index contributed by atoms with van der Waals surface area (Å²) in [4.78, 5) is 29.4. The number of rotatable bonds is 6. The van der Waals surface area contributed by atoms with Crippen molar-refractivity contribution < 1.29 is 22.8 Å². The van der Waals surface area contributed by atoms with Crippen molar-refractivity contribution in [1.29, 1.82) is 0 Å². The van der Waals surface area contributed by atoms with E-state index >= 15 is 0 Å². The minimum atomic E-state index is -2.91. The molecule has 0 atom stereocenters. The summed E-state index contributed by atoms with van der Waals surface area (Å²) in [7, 11) is 1.43. The van der Waals surface area contributed by atoms with Crippen LogP contribution in [0.2, 0.25) is 0 Å². The smallest absolute Gasteiger partial charge is 0.280 e. The van der Waals surface area contributed by atoms with E-state index < -0.39 is 29.8 Å². The molecule has 1 aromatic carbocycles. The van der Waals surface area contributed by atoms with Crippen molar-refractivity contribution in [2.24, 2.45) is 0 Å². The Bertz CT molecular complexity index is 1350. The van der Waals surface area contributed by atoms with Gasteiger partial charge in [-0.3, -0.25) is 14.3 Å². The van der Waals surface area contributed by atoms with Gasteiger partial charge in [0.1, 0.15) is 17.1 Å². The Hall–Kier alpha value is -4.22. The van der Waals surface area contributed by atoms with Gasteiger partial charge in [-0.1, -0.05) is 0 Å². The number of fused-ring (bicyclic) bond motifs is 1. The van der Waals surface area contributed by atoms with E-state index in [4.69, 9.17) is 0 Å². The van der Waals surface area contributed by atoms with Crippen LogP contribution in [0, 0.1) is 5.82 Å². The summed E-state index contributed by atoms with van der Waals surface area (Å²) in [6.45, 7) is 2.27. The second kappa shape index (κ2) is 8.73. The van der Waals surface area contributed by atoms with Crippen LogP contribution in [0.15, 0.2) is 42.7 Å². The fourth-order valence-corrected chi connectivity index (χ4v) is 3.22. The second-order valence-electron chi connectivity index (χ2n) is 6.95. The number of amides is 2. The van der Waals surface area contributed by atoms with Gasteiger partial charge in [-0.25, -0.2) is 22.7 Å². The Balaban J connectivity index is 1.78. The SMILES string of the molecule is CCn1cc(NC(=O)c2cnn3c(C(F)F)cc(-c4ccc(F)cc4)nc23)c(C(=O)NC)n1. The molecule has 0 saturated carbocycles. The van der Waals surface area contributed by atoms with Crippen LogP contribution in [0.4, 0.5) is 18.9 Å². The quantitative estimate of drug-likeness (QED) is 0.462. The number of anilines is 1. The third-order valence-electron chi connectivity index (χ3n) is 4.88. The van der Waals surface area contributed by atoms with E-state index in [2.05, 4.69) is 25.8 Å². The molecule has 4 aromatic rings. The van der Waals surface area contributed by atoms with E-state index in [-0.39, 0.29) is 28.3 Å². The zero-order valence-electron chi connectivity index (χ0n) is 17.5. The molecule has 9 nitrogen and oxygen atoms in total. The van der Waals surface area contributed by atoms with Crippen molar-refractivity contribution >= 4 is 23.1 Å². The van der Waals surface area contributed by atoms with E-state index in [9.17, 15) is 22.8 Å². The third kappa shape index (κ3) is 4.14. The van der Waals surface area contributed by atoms with Crippen LogP contribution in [0.1, 0.15) is 39.9 Å². The molecule has 0 aliphatic heterocycles. The van der Waals surface area contributed by atoms with Crippen molar-refractivity contribution in [3.63, 3.8) is 0 Å². The molecule has 0 spiro atoms. The number of carbonyl (C=O) groups excluding carboxylic acids is 2. The number of carbonyl (C=O) groups is 2. The number of aromatic nitrogens is 5. The summed E-state index contributed by atoms with van der Waals surface area (Å²) < 4.78 is 43.1. The van der Waals surface area contributed by atoms with Crippen molar-refractivity contribution in [3.8, 4) is 11.3 Å². The number of hydrogen-bond acceptors (Lipinski definition) is 5. The van der Waals surface area contributed by atoms with Gasteiger partial charge in [-0.05, 0) is 37.3 Å². The van der Waals surface area contributed by atoms with E-state index in [0.29, 0.717) is 12.1 Å². The lowest BCUT2D eigenvalue weighted by molar-refractivity contribution is 0.0958. The Kier molecular flexibility index (Phi) is 5.82. The summed E-state index contributed by atoms with van der Waals surface area (Å²) in [5.41, 5.74) is -0.0383. The number of aryl methyl sites for hydroxylation is 1. The van der Waals surface area contributed by atoms with Gasteiger partial charge < -0.3 is 10.6 Å². The van der Waals surface area contributed by atoms with Gasteiger partial charge in [-0.15, -0.1) is 0 Å². The summed E-state index contributed by atoms with van der Waals surface area (Å²) in [6, 6.07) is 6.29. The Labute approximate surface area is 185 Å². The molecule has 0 radical (unpaired) electrons. The number of benzene rings is 1. The highest BCUT2D eigenvalue weighted by Gasteiger charge is 2.24. The van der Waals surface area contributed by atoms with Crippen molar-refractivity contribution in [1.82, 2.24) is 29.7 Å². The van der Waals surface area contributed by atoms with Crippen LogP contribution < -0.4 is 10.6 Å². The number of nitrogens with one attached hydrogen (secondary N) is 2. The van der Waals surface area contributed by atoms with Crippen molar-refractivity contribution in [3.05, 3.63) is 65.5 Å². The molecule has 0 fully saturated rings. The van der Waals surface area contributed by atoms with E-state index in [1.54, 1.807) is 0 Å². The van der Waals surface area contributed by atoms with Crippen LogP contribution in [0.5, 0.6) is 0 Å². The lowest BCUT2D eigenvalue weighted by Gasteiger charge is -2.09. The fraction of sp³-hybridized carbons (Fsp3) is 0.190. The van der Waals surface area contributed by atoms with Gasteiger partial charge in [0, 0.05) is 25.4 Å². The summed E-state index contributed by atoms with van der Waals surface area (Å²) in [5.74, 6) is -1.71.